The van der Waals surface area contributed by atoms with Gasteiger partial charge in [-0.1, -0.05) is 27.4 Å². The van der Waals surface area contributed by atoms with Gasteiger partial charge in [-0.3, -0.25) is 4.21 Å². The summed E-state index contributed by atoms with van der Waals surface area (Å²) in [7, 11) is 0. The van der Waals surface area contributed by atoms with Gasteiger partial charge in [-0.05, 0) is 30.0 Å². The van der Waals surface area contributed by atoms with E-state index < -0.39 is 11.3 Å². The fourth-order valence-corrected chi connectivity index (χ4v) is 2.00. The molecule has 4 nitrogen and oxygen atoms in total. The number of benzene rings is 1. The van der Waals surface area contributed by atoms with E-state index in [0.717, 1.165) is 0 Å². The molecule has 1 aromatic rings. The summed E-state index contributed by atoms with van der Waals surface area (Å²) >= 11 is -2.39. The smallest absolute Gasteiger partial charge is 0.126 e. The van der Waals surface area contributed by atoms with Crippen molar-refractivity contribution in [3.8, 4) is 5.75 Å². The molecule has 0 radical (unpaired) electrons. The van der Waals surface area contributed by atoms with Crippen LogP contribution in [0, 0.1) is 0 Å². The van der Waals surface area contributed by atoms with E-state index in [1.807, 2.05) is 20.8 Å². The van der Waals surface area contributed by atoms with Crippen molar-refractivity contribution in [1.29, 1.82) is 0 Å². The Morgan fingerprint density at radius 2 is 2.00 bits per heavy atom. The van der Waals surface area contributed by atoms with Crippen LogP contribution in [0.4, 0.5) is 5.69 Å². The highest BCUT2D eigenvalue weighted by atomic mass is 32.2. The molecule has 0 saturated carbocycles. The molecule has 2 N–H and O–H groups in total. The number of phenols is 1. The highest BCUT2D eigenvalue weighted by Crippen LogP contribution is 2.38. The Morgan fingerprint density at radius 3 is 2.39 bits per heavy atom. The van der Waals surface area contributed by atoms with Gasteiger partial charge in [0, 0.05) is 28.1 Å². The minimum absolute atomic E-state index is 0.150. The predicted octanol–water partition coefficient (Wildman–Crippen LogP) is 2.93. The molecule has 0 fully saturated rings. The number of hydrogen-bond donors (Lipinski definition) is 2. The third kappa shape index (κ3) is 3.34. The molecule has 0 aliphatic carbocycles. The second-order valence-electron chi connectivity index (χ2n) is 5.29. The number of hydrogen-bond acceptors (Lipinski definition) is 3. The Hall–Kier alpha value is -1.33. The van der Waals surface area contributed by atoms with Crippen molar-refractivity contribution in [1.82, 2.24) is 0 Å². The normalized spacial score (nSPS) is 13.2. The molecule has 5 heteroatoms. The van der Waals surface area contributed by atoms with Crippen LogP contribution in [0.15, 0.2) is 18.7 Å². The minimum Gasteiger partial charge on any atom is -0.755 e. The van der Waals surface area contributed by atoms with Crippen LogP contribution in [0.2, 0.25) is 0 Å². The molecule has 18 heavy (non-hydrogen) atoms. The first-order chi connectivity index (χ1) is 8.12. The summed E-state index contributed by atoms with van der Waals surface area (Å²) in [6, 6.07) is 3.21. The fourth-order valence-electron chi connectivity index (χ4n) is 1.69. The molecule has 0 bridgehead atoms. The van der Waals surface area contributed by atoms with Crippen LogP contribution in [0.1, 0.15) is 38.8 Å². The third-order valence-corrected chi connectivity index (χ3v) is 2.98. The Bertz CT molecular complexity index is 504. The van der Waals surface area contributed by atoms with Crippen LogP contribution in [0.3, 0.4) is 0 Å². The van der Waals surface area contributed by atoms with Gasteiger partial charge < -0.3 is 14.4 Å². The maximum atomic E-state index is 10.7. The number of aromatic hydroxyl groups is 1. The molecule has 0 spiro atoms. The van der Waals surface area contributed by atoms with Crippen LogP contribution in [-0.2, 0) is 16.7 Å². The van der Waals surface area contributed by atoms with Gasteiger partial charge in [0.15, 0.2) is 0 Å². The summed E-state index contributed by atoms with van der Waals surface area (Å²) < 4.78 is 23.7. The van der Waals surface area contributed by atoms with Gasteiger partial charge in [-0.25, -0.2) is 0 Å². The van der Waals surface area contributed by atoms with Gasteiger partial charge in [-0.2, -0.15) is 0 Å². The molecule has 0 saturated heterocycles. The maximum Gasteiger partial charge on any atom is 0.126 e. The largest absolute Gasteiger partial charge is 0.755 e. The zero-order chi connectivity index (χ0) is 14.1. The Kier molecular flexibility index (Phi) is 4.19. The molecule has 1 unspecified atom stereocenters. The van der Waals surface area contributed by atoms with Crippen molar-refractivity contribution in [2.24, 2.45) is 0 Å². The monoisotopic (exact) mass is 268 g/mol. The van der Waals surface area contributed by atoms with Gasteiger partial charge in [0.2, 0.25) is 0 Å². The molecule has 0 aromatic heterocycles. The summed E-state index contributed by atoms with van der Waals surface area (Å²) in [6.45, 7) is 11.4. The van der Waals surface area contributed by atoms with E-state index in [2.05, 4.69) is 11.3 Å². The van der Waals surface area contributed by atoms with Crippen molar-refractivity contribution in [2.75, 3.05) is 4.72 Å². The van der Waals surface area contributed by atoms with Crippen molar-refractivity contribution >= 4 is 22.5 Å². The van der Waals surface area contributed by atoms with E-state index in [0.29, 0.717) is 22.4 Å². The zero-order valence-electron chi connectivity index (χ0n) is 11.0. The Morgan fingerprint density at radius 1 is 1.44 bits per heavy atom. The average Bonchev–Trinajstić information content (AvgIpc) is 2.17. The van der Waals surface area contributed by atoms with Gasteiger partial charge in [0.25, 0.3) is 0 Å². The third-order valence-electron chi connectivity index (χ3n) is 2.58. The molecule has 0 aliphatic rings. The fraction of sp³-hybridized carbons (Fsp3) is 0.385. The SMILES string of the molecule is C=C(C)c1cc(NS(=O)[O-])cc(C(C)(C)C)c1O. The van der Waals surface area contributed by atoms with Crippen LogP contribution in [0.5, 0.6) is 5.75 Å². The first kappa shape index (κ1) is 14.7. The van der Waals surface area contributed by atoms with E-state index in [9.17, 15) is 13.9 Å². The molecule has 0 heterocycles. The summed E-state index contributed by atoms with van der Waals surface area (Å²) in [6.07, 6.45) is 0. The van der Waals surface area contributed by atoms with Crippen LogP contribution in [0.25, 0.3) is 5.57 Å². The van der Waals surface area contributed by atoms with E-state index in [1.165, 1.54) is 0 Å². The topological polar surface area (TPSA) is 72.4 Å². The zero-order valence-corrected chi connectivity index (χ0v) is 11.9. The van der Waals surface area contributed by atoms with E-state index in [1.54, 1.807) is 19.1 Å². The molecule has 0 aliphatic heterocycles. The lowest BCUT2D eigenvalue weighted by Gasteiger charge is -2.24. The summed E-state index contributed by atoms with van der Waals surface area (Å²) in [5.41, 5.74) is 2.03. The first-order valence-electron chi connectivity index (χ1n) is 5.52. The van der Waals surface area contributed by atoms with Crippen LogP contribution in [-0.4, -0.2) is 13.9 Å². The average molecular weight is 268 g/mol. The second kappa shape index (κ2) is 5.12. The molecular weight excluding hydrogens is 250 g/mol. The molecule has 1 atom stereocenters. The number of anilines is 1. The molecule has 1 rings (SSSR count). The van der Waals surface area contributed by atoms with Gasteiger partial charge in [0.05, 0.1) is 0 Å². The summed E-state index contributed by atoms with van der Waals surface area (Å²) in [4.78, 5) is 0. The van der Waals surface area contributed by atoms with Crippen molar-refractivity contribution < 1.29 is 13.9 Å². The highest BCUT2D eigenvalue weighted by molar-refractivity contribution is 7.80. The minimum atomic E-state index is -2.39. The van der Waals surface area contributed by atoms with Crippen molar-refractivity contribution in [3.63, 3.8) is 0 Å². The molecule has 1 aromatic carbocycles. The Labute approximate surface area is 110 Å². The number of allylic oxidation sites excluding steroid dienone is 1. The van der Waals surface area contributed by atoms with E-state index in [-0.39, 0.29) is 11.2 Å². The van der Waals surface area contributed by atoms with Gasteiger partial charge >= 0.3 is 0 Å². The Balaban J connectivity index is 3.46. The number of phenolic OH excluding ortho intramolecular Hbond substituents is 1. The van der Waals surface area contributed by atoms with Crippen molar-refractivity contribution in [2.45, 2.75) is 33.1 Å². The quantitative estimate of drug-likeness (QED) is 0.654. The summed E-state index contributed by atoms with van der Waals surface area (Å²) in [5.74, 6) is 0.150. The summed E-state index contributed by atoms with van der Waals surface area (Å²) in [5, 5.41) is 10.2. The molecule has 0 amide bonds. The second-order valence-corrected chi connectivity index (χ2v) is 5.96. The maximum absolute atomic E-state index is 10.7. The lowest BCUT2D eigenvalue weighted by molar-refractivity contribution is 0.445. The van der Waals surface area contributed by atoms with Crippen molar-refractivity contribution in [3.05, 3.63) is 29.8 Å². The van der Waals surface area contributed by atoms with Gasteiger partial charge in [0.1, 0.15) is 5.75 Å². The van der Waals surface area contributed by atoms with Crippen LogP contribution < -0.4 is 4.72 Å². The molecule has 100 valence electrons. The lowest BCUT2D eigenvalue weighted by Crippen LogP contribution is -2.13. The van der Waals surface area contributed by atoms with E-state index >= 15 is 0 Å². The predicted molar refractivity (Wildman–Crippen MR) is 74.1 cm³/mol. The highest BCUT2D eigenvalue weighted by Gasteiger charge is 2.21. The number of nitrogens with one attached hydrogen (secondary N) is 1. The lowest BCUT2D eigenvalue weighted by atomic mass is 9.84. The standard InChI is InChI=1S/C13H19NO3S/c1-8(2)10-6-9(14-18(16)17)7-11(12(10)15)13(3,4)5/h6-7,14-15H,1H2,2-5H3,(H,16,17)/p-1. The van der Waals surface area contributed by atoms with E-state index in [4.69, 9.17) is 0 Å². The van der Waals surface area contributed by atoms with Gasteiger partial charge in [-0.15, -0.1) is 0 Å². The molecular formula is C13H18NO3S-. The number of rotatable bonds is 3. The first-order valence-corrected chi connectivity index (χ1v) is 6.59. The van der Waals surface area contributed by atoms with Crippen LogP contribution >= 0.6 is 0 Å².